The maximum Gasteiger partial charge on any atom is 0.322 e. The summed E-state index contributed by atoms with van der Waals surface area (Å²) >= 11 is 14.1. The Morgan fingerprint density at radius 1 is 1.27 bits per heavy atom. The molecule has 2 aliphatic rings. The minimum atomic E-state index is -0.669. The van der Waals surface area contributed by atoms with Crippen LogP contribution in [-0.2, 0) is 16.0 Å². The fraction of sp³-hybridized carbons (Fsp3) is 0.348. The summed E-state index contributed by atoms with van der Waals surface area (Å²) in [7, 11) is 0. The summed E-state index contributed by atoms with van der Waals surface area (Å²) in [5, 5.41) is 8.66. The number of rotatable bonds is 8. The number of nitrogens with zero attached hydrogens (tertiary/aromatic N) is 2. The highest BCUT2D eigenvalue weighted by Gasteiger charge is 2.44. The Bertz CT molecular complexity index is 1100. The van der Waals surface area contributed by atoms with Crippen molar-refractivity contribution < 1.29 is 14.4 Å². The Balaban J connectivity index is 1.44. The highest BCUT2D eigenvalue weighted by Crippen LogP contribution is 2.39. The lowest BCUT2D eigenvalue weighted by Crippen LogP contribution is -2.47. The van der Waals surface area contributed by atoms with E-state index in [4.69, 9.17) is 23.2 Å². The molecule has 4 amide bonds. The second-order valence-electron chi connectivity index (χ2n) is 7.81. The lowest BCUT2D eigenvalue weighted by molar-refractivity contribution is -0.127. The molecule has 3 heterocycles. The first kappa shape index (κ1) is 23.6. The van der Waals surface area contributed by atoms with Gasteiger partial charge >= 0.3 is 6.03 Å². The van der Waals surface area contributed by atoms with Crippen LogP contribution < -0.4 is 10.6 Å². The van der Waals surface area contributed by atoms with Crippen molar-refractivity contribution in [2.45, 2.75) is 25.8 Å². The zero-order valence-electron chi connectivity index (χ0n) is 18.1. The predicted octanol–water partition coefficient (Wildman–Crippen LogP) is 3.99. The Morgan fingerprint density at radius 3 is 2.79 bits per heavy atom. The van der Waals surface area contributed by atoms with E-state index in [0.29, 0.717) is 40.0 Å². The first-order valence-corrected chi connectivity index (χ1v) is 12.4. The van der Waals surface area contributed by atoms with Crippen molar-refractivity contribution in [3.8, 4) is 0 Å². The number of nitrogens with one attached hydrogen (secondary N) is 2. The van der Waals surface area contributed by atoms with Gasteiger partial charge in [-0.1, -0.05) is 35.3 Å². The lowest BCUT2D eigenvalue weighted by atomic mass is 9.95. The maximum absolute atomic E-state index is 13.3. The second kappa shape index (κ2) is 10.2. The molecule has 174 valence electrons. The Labute approximate surface area is 206 Å². The van der Waals surface area contributed by atoms with Gasteiger partial charge in [0.25, 0.3) is 5.91 Å². The molecule has 1 aromatic carbocycles. The van der Waals surface area contributed by atoms with Gasteiger partial charge in [-0.2, -0.15) is 0 Å². The summed E-state index contributed by atoms with van der Waals surface area (Å²) in [6.07, 6.45) is 0.973. The molecule has 7 nitrogen and oxygen atoms in total. The molecule has 0 saturated heterocycles. The SMILES string of the molecule is CCN1C(=O)NC(c2ccc(Cl)cc2Cl)C2=C1CN(CCC(=O)NCCc1cccs1)C2=O. The van der Waals surface area contributed by atoms with Gasteiger partial charge < -0.3 is 15.5 Å². The van der Waals surface area contributed by atoms with Crippen molar-refractivity contribution in [3.63, 3.8) is 0 Å². The number of carbonyl (C=O) groups excluding carboxylic acids is 3. The van der Waals surface area contributed by atoms with Crippen molar-refractivity contribution in [2.24, 2.45) is 0 Å². The molecule has 0 spiro atoms. The summed E-state index contributed by atoms with van der Waals surface area (Å²) in [5.74, 6) is -0.311. The Hall–Kier alpha value is -2.55. The topological polar surface area (TPSA) is 81.8 Å². The summed E-state index contributed by atoms with van der Waals surface area (Å²) in [6.45, 7) is 3.38. The first-order chi connectivity index (χ1) is 15.9. The molecule has 33 heavy (non-hydrogen) atoms. The molecule has 10 heteroatoms. The molecular formula is C23H24Cl2N4O3S. The summed E-state index contributed by atoms with van der Waals surface area (Å²) < 4.78 is 0. The van der Waals surface area contributed by atoms with E-state index >= 15 is 0 Å². The molecule has 2 N–H and O–H groups in total. The van der Waals surface area contributed by atoms with Gasteiger partial charge in [-0.3, -0.25) is 14.5 Å². The first-order valence-electron chi connectivity index (χ1n) is 10.7. The number of likely N-dealkylation sites (N-methyl/N-ethyl adjacent to an activating group) is 1. The number of benzene rings is 1. The molecule has 0 fully saturated rings. The normalized spacial score (nSPS) is 18.0. The standard InChI is InChI=1S/C23H24Cl2N4O3S/c1-2-29-18-13-28(10-8-19(30)26-9-7-15-4-3-11-33-15)22(31)20(18)21(27-23(29)32)16-6-5-14(24)12-17(16)25/h3-6,11-12,21H,2,7-10,13H2,1H3,(H,26,30)(H,27,32). The molecule has 1 aromatic heterocycles. The third-order valence-electron chi connectivity index (χ3n) is 5.77. The van der Waals surface area contributed by atoms with Crippen LogP contribution in [0.25, 0.3) is 0 Å². The van der Waals surface area contributed by atoms with E-state index in [1.54, 1.807) is 39.3 Å². The quantitative estimate of drug-likeness (QED) is 0.567. The number of thiophene rings is 1. The van der Waals surface area contributed by atoms with E-state index in [9.17, 15) is 14.4 Å². The van der Waals surface area contributed by atoms with Crippen molar-refractivity contribution in [1.82, 2.24) is 20.4 Å². The summed E-state index contributed by atoms with van der Waals surface area (Å²) in [4.78, 5) is 42.8. The molecule has 4 rings (SSSR count). The molecule has 1 unspecified atom stereocenters. The number of hydrogen-bond acceptors (Lipinski definition) is 4. The van der Waals surface area contributed by atoms with Crippen LogP contribution in [0.15, 0.2) is 47.0 Å². The van der Waals surface area contributed by atoms with Gasteiger partial charge in [-0.15, -0.1) is 11.3 Å². The number of carbonyl (C=O) groups is 3. The van der Waals surface area contributed by atoms with Crippen LogP contribution in [0.5, 0.6) is 0 Å². The van der Waals surface area contributed by atoms with E-state index in [-0.39, 0.29) is 37.4 Å². The lowest BCUT2D eigenvalue weighted by Gasteiger charge is -2.33. The van der Waals surface area contributed by atoms with Gasteiger partial charge in [0.05, 0.1) is 23.9 Å². The fourth-order valence-corrected chi connectivity index (χ4v) is 5.36. The molecule has 0 bridgehead atoms. The predicted molar refractivity (Wildman–Crippen MR) is 129 cm³/mol. The average molecular weight is 507 g/mol. The van der Waals surface area contributed by atoms with Crippen LogP contribution in [0.2, 0.25) is 10.0 Å². The summed E-state index contributed by atoms with van der Waals surface area (Å²) in [6, 6.07) is 8.06. The van der Waals surface area contributed by atoms with E-state index in [1.165, 1.54) is 4.88 Å². The van der Waals surface area contributed by atoms with Crippen LogP contribution in [0, 0.1) is 0 Å². The van der Waals surface area contributed by atoms with E-state index < -0.39 is 6.04 Å². The fourth-order valence-electron chi connectivity index (χ4n) is 4.14. The Kier molecular flexibility index (Phi) is 7.26. The molecular weight excluding hydrogens is 483 g/mol. The third-order valence-corrected chi connectivity index (χ3v) is 7.27. The molecule has 2 aromatic rings. The minimum Gasteiger partial charge on any atom is -0.356 e. The third kappa shape index (κ3) is 5.03. The van der Waals surface area contributed by atoms with Crippen molar-refractivity contribution in [3.05, 3.63) is 67.5 Å². The zero-order valence-corrected chi connectivity index (χ0v) is 20.4. The highest BCUT2D eigenvalue weighted by atomic mass is 35.5. The van der Waals surface area contributed by atoms with Gasteiger partial charge in [0.2, 0.25) is 5.91 Å². The zero-order chi connectivity index (χ0) is 23.5. The average Bonchev–Trinajstić information content (AvgIpc) is 3.40. The van der Waals surface area contributed by atoms with Gasteiger partial charge in [-0.05, 0) is 42.5 Å². The number of amides is 4. The van der Waals surface area contributed by atoms with Crippen LogP contribution in [0.4, 0.5) is 4.79 Å². The van der Waals surface area contributed by atoms with Crippen LogP contribution in [0.3, 0.4) is 0 Å². The van der Waals surface area contributed by atoms with Gasteiger partial charge in [0.1, 0.15) is 0 Å². The van der Waals surface area contributed by atoms with Crippen LogP contribution in [0.1, 0.15) is 29.8 Å². The van der Waals surface area contributed by atoms with Crippen molar-refractivity contribution in [2.75, 3.05) is 26.2 Å². The maximum atomic E-state index is 13.3. The van der Waals surface area contributed by atoms with Crippen LogP contribution in [-0.4, -0.2) is 53.8 Å². The number of hydrogen-bond donors (Lipinski definition) is 2. The van der Waals surface area contributed by atoms with E-state index in [2.05, 4.69) is 10.6 Å². The molecule has 1 atom stereocenters. The minimum absolute atomic E-state index is 0.108. The number of urea groups is 1. The van der Waals surface area contributed by atoms with Crippen LogP contribution >= 0.6 is 34.5 Å². The van der Waals surface area contributed by atoms with Crippen molar-refractivity contribution in [1.29, 1.82) is 0 Å². The molecule has 0 aliphatic carbocycles. The van der Waals surface area contributed by atoms with E-state index in [1.807, 2.05) is 24.4 Å². The summed E-state index contributed by atoms with van der Waals surface area (Å²) in [5.41, 5.74) is 1.75. The molecule has 0 radical (unpaired) electrons. The number of halogens is 2. The second-order valence-corrected chi connectivity index (χ2v) is 9.68. The van der Waals surface area contributed by atoms with Gasteiger partial charge in [0.15, 0.2) is 0 Å². The van der Waals surface area contributed by atoms with Gasteiger partial charge in [-0.25, -0.2) is 4.79 Å². The van der Waals surface area contributed by atoms with Crippen molar-refractivity contribution >= 4 is 52.4 Å². The largest absolute Gasteiger partial charge is 0.356 e. The monoisotopic (exact) mass is 506 g/mol. The smallest absolute Gasteiger partial charge is 0.322 e. The van der Waals surface area contributed by atoms with E-state index in [0.717, 1.165) is 6.42 Å². The molecule has 2 aliphatic heterocycles. The van der Waals surface area contributed by atoms with Gasteiger partial charge in [0, 0.05) is 41.0 Å². The molecule has 0 saturated carbocycles. The highest BCUT2D eigenvalue weighted by molar-refractivity contribution is 7.09. The Morgan fingerprint density at radius 2 is 2.09 bits per heavy atom.